The Morgan fingerprint density at radius 1 is 1.37 bits per heavy atom. The van der Waals surface area contributed by atoms with E-state index >= 15 is 0 Å². The quantitative estimate of drug-likeness (QED) is 0.809. The van der Waals surface area contributed by atoms with E-state index in [1.54, 1.807) is 0 Å². The number of nitrogens with two attached hydrogens (primary N) is 1. The van der Waals surface area contributed by atoms with E-state index in [1.165, 1.54) is 0 Å². The number of anilines is 1. The van der Waals surface area contributed by atoms with Gasteiger partial charge in [-0.1, -0.05) is 36.7 Å². The molecular formula is C14H20Br2N2O. The molecule has 0 spiro atoms. The molecule has 0 radical (unpaired) electrons. The van der Waals surface area contributed by atoms with E-state index in [9.17, 15) is 4.79 Å². The van der Waals surface area contributed by atoms with Crippen LogP contribution < -0.4 is 11.1 Å². The zero-order valence-electron chi connectivity index (χ0n) is 11.5. The van der Waals surface area contributed by atoms with Crippen LogP contribution in [-0.4, -0.2) is 12.5 Å². The van der Waals surface area contributed by atoms with Gasteiger partial charge >= 0.3 is 0 Å². The Balaban J connectivity index is 2.80. The van der Waals surface area contributed by atoms with Crippen molar-refractivity contribution in [1.29, 1.82) is 0 Å². The summed E-state index contributed by atoms with van der Waals surface area (Å²) in [5.41, 5.74) is 6.56. The molecule has 3 N–H and O–H groups in total. The predicted molar refractivity (Wildman–Crippen MR) is 87.1 cm³/mol. The minimum Gasteiger partial charge on any atom is -0.330 e. The average Bonchev–Trinajstić information content (AvgIpc) is 2.29. The normalized spacial score (nSPS) is 13.2. The van der Waals surface area contributed by atoms with Gasteiger partial charge in [0.25, 0.3) is 0 Å². The van der Waals surface area contributed by atoms with Crippen LogP contribution in [0.15, 0.2) is 27.1 Å². The Morgan fingerprint density at radius 2 is 2.00 bits per heavy atom. The molecule has 3 nitrogen and oxygen atoms in total. The van der Waals surface area contributed by atoms with Crippen molar-refractivity contribution in [2.75, 3.05) is 11.9 Å². The van der Waals surface area contributed by atoms with Gasteiger partial charge in [0.05, 0.1) is 11.6 Å². The molecule has 1 aromatic carbocycles. The highest BCUT2D eigenvalue weighted by Crippen LogP contribution is 2.28. The third kappa shape index (κ3) is 5.63. The summed E-state index contributed by atoms with van der Waals surface area (Å²) in [5, 5.41) is 2.93. The summed E-state index contributed by atoms with van der Waals surface area (Å²) in [4.78, 5) is 12.3. The van der Waals surface area contributed by atoms with Crippen LogP contribution in [0.1, 0.15) is 27.2 Å². The second kappa shape index (κ2) is 6.86. The highest BCUT2D eigenvalue weighted by atomic mass is 79.9. The smallest absolute Gasteiger partial charge is 0.228 e. The summed E-state index contributed by atoms with van der Waals surface area (Å²) >= 11 is 6.82. The molecule has 0 bridgehead atoms. The average molecular weight is 392 g/mol. The minimum absolute atomic E-state index is 0.0313. The van der Waals surface area contributed by atoms with E-state index in [0.29, 0.717) is 6.54 Å². The van der Waals surface area contributed by atoms with Crippen molar-refractivity contribution >= 4 is 43.5 Å². The van der Waals surface area contributed by atoms with Gasteiger partial charge in [0.15, 0.2) is 0 Å². The van der Waals surface area contributed by atoms with Crippen molar-refractivity contribution in [1.82, 2.24) is 0 Å². The fourth-order valence-corrected chi connectivity index (χ4v) is 2.56. The number of carbonyl (C=O) groups excluding carboxylic acids is 1. The first kappa shape index (κ1) is 16.7. The topological polar surface area (TPSA) is 55.1 Å². The number of hydrogen-bond acceptors (Lipinski definition) is 2. The maximum absolute atomic E-state index is 12.3. The number of carbonyl (C=O) groups is 1. The van der Waals surface area contributed by atoms with Crippen molar-refractivity contribution in [2.24, 2.45) is 17.1 Å². The lowest BCUT2D eigenvalue weighted by Crippen LogP contribution is -2.32. The molecule has 0 fully saturated rings. The van der Waals surface area contributed by atoms with Crippen LogP contribution in [0.4, 0.5) is 5.69 Å². The van der Waals surface area contributed by atoms with Gasteiger partial charge in [-0.25, -0.2) is 0 Å². The van der Waals surface area contributed by atoms with Crippen LogP contribution in [0.5, 0.6) is 0 Å². The monoisotopic (exact) mass is 390 g/mol. The standard InChI is InChI=1S/C14H20Br2N2O/c1-14(2,3)7-9(8-17)13(19)18-12-6-10(15)4-5-11(12)16/h4-6,9H,7-8,17H2,1-3H3,(H,18,19). The second-order valence-corrected chi connectivity index (χ2v) is 7.58. The molecule has 1 aromatic rings. The fraction of sp³-hybridized carbons (Fsp3) is 0.500. The maximum Gasteiger partial charge on any atom is 0.228 e. The van der Waals surface area contributed by atoms with Crippen molar-refractivity contribution in [3.8, 4) is 0 Å². The number of amides is 1. The van der Waals surface area contributed by atoms with Crippen molar-refractivity contribution in [2.45, 2.75) is 27.2 Å². The third-order valence-electron chi connectivity index (χ3n) is 2.70. The van der Waals surface area contributed by atoms with Gasteiger partial charge in [0.1, 0.15) is 0 Å². The van der Waals surface area contributed by atoms with Crippen molar-refractivity contribution < 1.29 is 4.79 Å². The molecule has 0 aliphatic rings. The highest BCUT2D eigenvalue weighted by molar-refractivity contribution is 9.11. The minimum atomic E-state index is -0.175. The van der Waals surface area contributed by atoms with Crippen molar-refractivity contribution in [3.05, 3.63) is 27.1 Å². The molecule has 106 valence electrons. The molecular weight excluding hydrogens is 372 g/mol. The third-order valence-corrected chi connectivity index (χ3v) is 3.89. The summed E-state index contributed by atoms with van der Waals surface area (Å²) in [6.45, 7) is 6.68. The lowest BCUT2D eigenvalue weighted by atomic mass is 9.84. The number of benzene rings is 1. The van der Waals surface area contributed by atoms with E-state index in [2.05, 4.69) is 57.9 Å². The van der Waals surface area contributed by atoms with Gasteiger partial charge in [-0.05, 0) is 46.0 Å². The molecule has 1 rings (SSSR count). The first-order valence-electron chi connectivity index (χ1n) is 6.19. The summed E-state index contributed by atoms with van der Waals surface area (Å²) < 4.78 is 1.78. The Hall–Kier alpha value is -0.390. The molecule has 0 aromatic heterocycles. The van der Waals surface area contributed by atoms with E-state index in [4.69, 9.17) is 5.73 Å². The van der Waals surface area contributed by atoms with Crippen LogP contribution in [0.25, 0.3) is 0 Å². The molecule has 0 saturated heterocycles. The summed E-state index contributed by atoms with van der Waals surface area (Å²) in [7, 11) is 0. The Bertz CT molecular complexity index is 455. The van der Waals surface area contributed by atoms with Crippen LogP contribution in [0.3, 0.4) is 0 Å². The summed E-state index contributed by atoms with van der Waals surface area (Å²) in [5.74, 6) is -0.206. The van der Waals surface area contributed by atoms with Gasteiger partial charge in [0, 0.05) is 15.5 Å². The van der Waals surface area contributed by atoms with Gasteiger partial charge in [-0.15, -0.1) is 0 Å². The predicted octanol–water partition coefficient (Wildman–Crippen LogP) is 4.16. The molecule has 1 amide bonds. The molecule has 0 saturated carbocycles. The van der Waals surface area contributed by atoms with Gasteiger partial charge in [0.2, 0.25) is 5.91 Å². The first-order valence-corrected chi connectivity index (χ1v) is 7.77. The summed E-state index contributed by atoms with van der Waals surface area (Å²) in [6, 6.07) is 5.67. The van der Waals surface area contributed by atoms with E-state index in [-0.39, 0.29) is 17.2 Å². The highest BCUT2D eigenvalue weighted by Gasteiger charge is 2.24. The van der Waals surface area contributed by atoms with Gasteiger partial charge in [-0.3, -0.25) is 4.79 Å². The van der Waals surface area contributed by atoms with Crippen LogP contribution >= 0.6 is 31.9 Å². The maximum atomic E-state index is 12.3. The molecule has 0 aliphatic heterocycles. The molecule has 0 aliphatic carbocycles. The Morgan fingerprint density at radius 3 is 2.53 bits per heavy atom. The van der Waals surface area contributed by atoms with Crippen molar-refractivity contribution in [3.63, 3.8) is 0 Å². The largest absolute Gasteiger partial charge is 0.330 e. The first-order chi connectivity index (χ1) is 8.73. The molecule has 1 atom stereocenters. The lowest BCUT2D eigenvalue weighted by Gasteiger charge is -2.24. The number of hydrogen-bond donors (Lipinski definition) is 2. The molecule has 0 heterocycles. The molecule has 19 heavy (non-hydrogen) atoms. The van der Waals surface area contributed by atoms with E-state index < -0.39 is 0 Å². The molecule has 1 unspecified atom stereocenters. The van der Waals surface area contributed by atoms with Crippen LogP contribution in [-0.2, 0) is 4.79 Å². The van der Waals surface area contributed by atoms with Gasteiger partial charge in [-0.2, -0.15) is 0 Å². The second-order valence-electron chi connectivity index (χ2n) is 5.81. The Labute approximate surface area is 131 Å². The Kier molecular flexibility index (Phi) is 6.02. The summed E-state index contributed by atoms with van der Waals surface area (Å²) in [6.07, 6.45) is 0.765. The van der Waals surface area contributed by atoms with Gasteiger partial charge < -0.3 is 11.1 Å². The fourth-order valence-electron chi connectivity index (χ4n) is 1.85. The van der Waals surface area contributed by atoms with Crippen LogP contribution in [0.2, 0.25) is 0 Å². The number of rotatable bonds is 4. The lowest BCUT2D eigenvalue weighted by molar-refractivity contribution is -0.120. The zero-order valence-corrected chi connectivity index (χ0v) is 14.6. The SMILES string of the molecule is CC(C)(C)CC(CN)C(=O)Nc1cc(Br)ccc1Br. The zero-order chi connectivity index (χ0) is 14.6. The van der Waals surface area contributed by atoms with E-state index in [1.807, 2.05) is 18.2 Å². The molecule has 5 heteroatoms. The van der Waals surface area contributed by atoms with Crippen LogP contribution in [0, 0.1) is 11.3 Å². The number of nitrogens with one attached hydrogen (secondary N) is 1. The van der Waals surface area contributed by atoms with E-state index in [0.717, 1.165) is 21.1 Å². The number of halogens is 2.